The molecule has 1 aliphatic carbocycles. The van der Waals surface area contributed by atoms with Gasteiger partial charge in [-0.2, -0.15) is 0 Å². The Morgan fingerprint density at radius 1 is 1.00 bits per heavy atom. The summed E-state index contributed by atoms with van der Waals surface area (Å²) in [5.41, 5.74) is 0.983. The van der Waals surface area contributed by atoms with E-state index in [1.165, 1.54) is 0 Å². The van der Waals surface area contributed by atoms with E-state index in [1.807, 2.05) is 24.3 Å². The lowest BCUT2D eigenvalue weighted by molar-refractivity contribution is -0.314. The van der Waals surface area contributed by atoms with Gasteiger partial charge in [-0.25, -0.2) is 0 Å². The van der Waals surface area contributed by atoms with Crippen molar-refractivity contribution >= 4 is 29.2 Å². The van der Waals surface area contributed by atoms with Crippen LogP contribution in [0.25, 0.3) is 0 Å². The van der Waals surface area contributed by atoms with Gasteiger partial charge in [0.25, 0.3) is 0 Å². The molecule has 1 heterocycles. The van der Waals surface area contributed by atoms with Gasteiger partial charge >= 0.3 is 0 Å². The normalized spacial score (nSPS) is 24.7. The van der Waals surface area contributed by atoms with Crippen molar-refractivity contribution in [2.24, 2.45) is 11.8 Å². The van der Waals surface area contributed by atoms with Gasteiger partial charge in [0.15, 0.2) is 0 Å². The largest absolute Gasteiger partial charge is 0.550 e. The lowest BCUT2D eigenvalue weighted by Crippen LogP contribution is -2.53. The Labute approximate surface area is 147 Å². The van der Waals surface area contributed by atoms with E-state index in [9.17, 15) is 14.7 Å². The molecule has 2 atom stereocenters. The maximum Gasteiger partial charge on any atom is 0.226 e. The fourth-order valence-corrected chi connectivity index (χ4v) is 4.07. The molecule has 1 aliphatic heterocycles. The van der Waals surface area contributed by atoms with Crippen LogP contribution in [-0.2, 0) is 9.59 Å². The number of hydrogen-bond acceptors (Lipinski definition) is 4. The van der Waals surface area contributed by atoms with Crippen molar-refractivity contribution in [2.45, 2.75) is 25.7 Å². The molecule has 0 spiro atoms. The smallest absolute Gasteiger partial charge is 0.226 e. The molecule has 0 radical (unpaired) electrons. The molecule has 1 amide bonds. The number of anilines is 1. The summed E-state index contributed by atoms with van der Waals surface area (Å²) in [6.07, 6.45) is 2.99. The highest BCUT2D eigenvalue weighted by atomic mass is 35.5. The third-order valence-electron chi connectivity index (χ3n) is 5.17. The minimum absolute atomic E-state index is 0.0253. The van der Waals surface area contributed by atoms with Crippen molar-refractivity contribution in [1.29, 1.82) is 0 Å². The number of carbonyl (C=O) groups excluding carboxylic acids is 2. The van der Waals surface area contributed by atoms with Crippen LogP contribution in [0.2, 0.25) is 5.02 Å². The van der Waals surface area contributed by atoms with Crippen LogP contribution in [0.1, 0.15) is 25.7 Å². The number of nitrogens with zero attached hydrogens (tertiary/aromatic N) is 2. The van der Waals surface area contributed by atoms with Crippen LogP contribution in [-0.4, -0.2) is 43.0 Å². The van der Waals surface area contributed by atoms with E-state index in [1.54, 1.807) is 4.90 Å². The van der Waals surface area contributed by atoms with E-state index in [-0.39, 0.29) is 5.91 Å². The number of carboxylic acid groups (broad SMARTS) is 1. The number of carboxylic acids is 1. The summed E-state index contributed by atoms with van der Waals surface area (Å²) in [7, 11) is 0. The first kappa shape index (κ1) is 17.1. The van der Waals surface area contributed by atoms with Gasteiger partial charge in [-0.05, 0) is 25.0 Å². The van der Waals surface area contributed by atoms with Crippen molar-refractivity contribution in [3.8, 4) is 0 Å². The highest BCUT2D eigenvalue weighted by Gasteiger charge is 2.35. The zero-order valence-electron chi connectivity index (χ0n) is 13.6. The number of benzene rings is 1. The van der Waals surface area contributed by atoms with E-state index >= 15 is 0 Å². The van der Waals surface area contributed by atoms with Crippen LogP contribution < -0.4 is 10.0 Å². The number of hydrogen-bond donors (Lipinski definition) is 0. The van der Waals surface area contributed by atoms with Gasteiger partial charge in [0, 0.05) is 44.0 Å². The van der Waals surface area contributed by atoms with Gasteiger partial charge in [-0.15, -0.1) is 0 Å². The summed E-state index contributed by atoms with van der Waals surface area (Å²) < 4.78 is 0. The monoisotopic (exact) mass is 349 g/mol. The molecular weight excluding hydrogens is 328 g/mol. The van der Waals surface area contributed by atoms with E-state index in [0.717, 1.165) is 18.5 Å². The molecule has 6 heteroatoms. The maximum absolute atomic E-state index is 12.8. The molecule has 0 N–H and O–H groups in total. The summed E-state index contributed by atoms with van der Waals surface area (Å²) in [5.74, 6) is -2.16. The zero-order chi connectivity index (χ0) is 17.1. The SMILES string of the molecule is O=C([O-])[C@H]1CCCC[C@@H]1C(=O)N1CCN(c2ccccc2Cl)CC1. The highest BCUT2D eigenvalue weighted by molar-refractivity contribution is 6.33. The molecule has 24 heavy (non-hydrogen) atoms. The quantitative estimate of drug-likeness (QED) is 0.830. The zero-order valence-corrected chi connectivity index (χ0v) is 14.4. The molecule has 0 aromatic heterocycles. The van der Waals surface area contributed by atoms with E-state index in [0.29, 0.717) is 44.0 Å². The molecule has 3 rings (SSSR count). The van der Waals surface area contributed by atoms with Crippen LogP contribution in [0.4, 0.5) is 5.69 Å². The first-order valence-electron chi connectivity index (χ1n) is 8.57. The van der Waals surface area contributed by atoms with Crippen molar-refractivity contribution in [2.75, 3.05) is 31.1 Å². The number of para-hydroxylation sites is 1. The fraction of sp³-hybridized carbons (Fsp3) is 0.556. The van der Waals surface area contributed by atoms with Gasteiger partial charge < -0.3 is 19.7 Å². The molecule has 5 nitrogen and oxygen atoms in total. The van der Waals surface area contributed by atoms with Gasteiger partial charge in [-0.1, -0.05) is 36.6 Å². The Morgan fingerprint density at radius 2 is 1.62 bits per heavy atom. The predicted molar refractivity (Wildman–Crippen MR) is 90.7 cm³/mol. The molecule has 1 aromatic carbocycles. The lowest BCUT2D eigenvalue weighted by atomic mass is 9.78. The lowest BCUT2D eigenvalue weighted by Gasteiger charge is -2.40. The summed E-state index contributed by atoms with van der Waals surface area (Å²) in [5, 5.41) is 12.0. The summed E-state index contributed by atoms with van der Waals surface area (Å²) in [6, 6.07) is 7.69. The molecule has 2 aliphatic rings. The standard InChI is InChI=1S/C18H23ClN2O3/c19-15-7-3-4-8-16(15)20-9-11-21(12-10-20)17(22)13-5-1-2-6-14(13)18(23)24/h3-4,7-8,13-14H,1-2,5-6,9-12H2,(H,23,24)/p-1/t13-,14-/m0/s1. The average molecular weight is 350 g/mol. The molecule has 1 saturated carbocycles. The van der Waals surface area contributed by atoms with Gasteiger partial charge in [-0.3, -0.25) is 4.79 Å². The molecular formula is C18H22ClN2O3-. The molecule has 1 saturated heterocycles. The van der Waals surface area contributed by atoms with Gasteiger partial charge in [0.1, 0.15) is 0 Å². The number of halogens is 1. The third kappa shape index (κ3) is 3.51. The van der Waals surface area contributed by atoms with Gasteiger partial charge in [0.05, 0.1) is 10.7 Å². The topological polar surface area (TPSA) is 63.7 Å². The van der Waals surface area contributed by atoms with E-state index in [4.69, 9.17) is 11.6 Å². The fourth-order valence-electron chi connectivity index (χ4n) is 3.82. The number of rotatable bonds is 3. The van der Waals surface area contributed by atoms with Crippen LogP contribution >= 0.6 is 11.6 Å². The van der Waals surface area contributed by atoms with E-state index < -0.39 is 17.8 Å². The first-order valence-corrected chi connectivity index (χ1v) is 8.95. The Balaban J connectivity index is 1.62. The number of aliphatic carboxylic acids is 1. The Kier molecular flexibility index (Phi) is 5.29. The van der Waals surface area contributed by atoms with Crippen LogP contribution in [0.15, 0.2) is 24.3 Å². The Hall–Kier alpha value is -1.75. The molecule has 1 aromatic rings. The highest BCUT2D eigenvalue weighted by Crippen LogP contribution is 2.32. The van der Waals surface area contributed by atoms with Gasteiger partial charge in [0.2, 0.25) is 5.91 Å². The van der Waals surface area contributed by atoms with Crippen molar-refractivity contribution in [1.82, 2.24) is 4.90 Å². The number of piperazine rings is 1. The number of amides is 1. The summed E-state index contributed by atoms with van der Waals surface area (Å²) in [4.78, 5) is 28.1. The molecule has 0 bridgehead atoms. The van der Waals surface area contributed by atoms with Crippen molar-refractivity contribution < 1.29 is 14.7 Å². The van der Waals surface area contributed by atoms with E-state index in [2.05, 4.69) is 4.90 Å². The Morgan fingerprint density at radius 3 is 2.25 bits per heavy atom. The third-order valence-corrected chi connectivity index (χ3v) is 5.49. The maximum atomic E-state index is 12.8. The molecule has 130 valence electrons. The van der Waals surface area contributed by atoms with Crippen molar-refractivity contribution in [3.63, 3.8) is 0 Å². The second-order valence-corrected chi connectivity index (χ2v) is 6.99. The number of carbonyl (C=O) groups is 2. The second kappa shape index (κ2) is 7.43. The summed E-state index contributed by atoms with van der Waals surface area (Å²) >= 11 is 6.24. The second-order valence-electron chi connectivity index (χ2n) is 6.58. The molecule has 2 fully saturated rings. The van der Waals surface area contributed by atoms with Crippen LogP contribution in [0.3, 0.4) is 0 Å². The van der Waals surface area contributed by atoms with Crippen molar-refractivity contribution in [3.05, 3.63) is 29.3 Å². The average Bonchev–Trinajstić information content (AvgIpc) is 2.62. The minimum Gasteiger partial charge on any atom is -0.550 e. The van der Waals surface area contributed by atoms with Crippen LogP contribution in [0.5, 0.6) is 0 Å². The van der Waals surface area contributed by atoms with Crippen LogP contribution in [0, 0.1) is 11.8 Å². The minimum atomic E-state index is -1.08. The first-order chi connectivity index (χ1) is 11.6. The molecule has 0 unspecified atom stereocenters. The summed E-state index contributed by atoms with van der Waals surface area (Å²) in [6.45, 7) is 2.61. The Bertz CT molecular complexity index is 614. The predicted octanol–water partition coefficient (Wildman–Crippen LogP) is 1.54.